The van der Waals surface area contributed by atoms with Gasteiger partial charge in [-0.3, -0.25) is 9.59 Å². The Morgan fingerprint density at radius 3 is 2.39 bits per heavy atom. The molecule has 6 nitrogen and oxygen atoms in total. The van der Waals surface area contributed by atoms with Crippen LogP contribution in [0.3, 0.4) is 0 Å². The van der Waals surface area contributed by atoms with E-state index in [2.05, 4.69) is 4.98 Å². The van der Waals surface area contributed by atoms with Gasteiger partial charge in [0.1, 0.15) is 29.4 Å². The molecule has 5 rings (SSSR count). The number of carbonyl (C=O) groups excluding carboxylic acids is 2. The molecule has 3 aliphatic heterocycles. The number of hydrogen-bond acceptors (Lipinski definition) is 4. The van der Waals surface area contributed by atoms with Gasteiger partial charge in [-0.05, 0) is 42.7 Å². The quantitative estimate of drug-likeness (QED) is 0.733. The molecule has 31 heavy (non-hydrogen) atoms. The van der Waals surface area contributed by atoms with E-state index in [1.54, 1.807) is 9.80 Å². The van der Waals surface area contributed by atoms with E-state index in [4.69, 9.17) is 4.74 Å². The van der Waals surface area contributed by atoms with Crippen molar-refractivity contribution >= 4 is 11.8 Å². The SMILES string of the molecule is O=C(c1ccc(F)cn1)N1CCC2(CC1)O[C@@H]1CC[C@@H](c3cc(F)cc(F)c3)N1C2=O. The first kappa shape index (κ1) is 20.0. The van der Waals surface area contributed by atoms with Crippen LogP contribution in [0, 0.1) is 17.5 Å². The molecule has 2 aromatic rings. The van der Waals surface area contributed by atoms with Crippen molar-refractivity contribution in [1.29, 1.82) is 0 Å². The van der Waals surface area contributed by atoms with Gasteiger partial charge in [0.2, 0.25) is 0 Å². The predicted molar refractivity (Wildman–Crippen MR) is 102 cm³/mol. The molecule has 0 N–H and O–H groups in total. The number of aromatic nitrogens is 1. The lowest BCUT2D eigenvalue weighted by atomic mass is 9.89. The molecule has 0 saturated carbocycles. The average Bonchev–Trinajstić information content (AvgIpc) is 3.26. The summed E-state index contributed by atoms with van der Waals surface area (Å²) in [6, 6.07) is 5.39. The number of carbonyl (C=O) groups is 2. The van der Waals surface area contributed by atoms with Gasteiger partial charge in [-0.15, -0.1) is 0 Å². The number of rotatable bonds is 2. The van der Waals surface area contributed by atoms with Gasteiger partial charge < -0.3 is 14.5 Å². The molecule has 2 atom stereocenters. The lowest BCUT2D eigenvalue weighted by molar-refractivity contribution is -0.142. The maximum absolute atomic E-state index is 13.7. The van der Waals surface area contributed by atoms with Crippen LogP contribution in [0.25, 0.3) is 0 Å². The van der Waals surface area contributed by atoms with E-state index in [9.17, 15) is 22.8 Å². The molecule has 0 bridgehead atoms. The second-order valence-corrected chi connectivity index (χ2v) is 8.23. The number of piperidine rings is 1. The highest BCUT2D eigenvalue weighted by molar-refractivity contribution is 5.93. The van der Waals surface area contributed by atoms with E-state index in [0.29, 0.717) is 44.3 Å². The molecule has 1 aromatic carbocycles. The number of amides is 2. The zero-order chi connectivity index (χ0) is 21.8. The number of benzene rings is 1. The molecule has 0 unspecified atom stereocenters. The number of ether oxygens (including phenoxy) is 1. The zero-order valence-electron chi connectivity index (χ0n) is 16.6. The molecule has 9 heteroatoms. The first-order valence-electron chi connectivity index (χ1n) is 10.2. The van der Waals surface area contributed by atoms with Crippen LogP contribution in [-0.2, 0) is 9.53 Å². The van der Waals surface area contributed by atoms with Crippen molar-refractivity contribution in [3.8, 4) is 0 Å². The Hall–Kier alpha value is -2.94. The Balaban J connectivity index is 1.31. The van der Waals surface area contributed by atoms with Crippen LogP contribution >= 0.6 is 0 Å². The van der Waals surface area contributed by atoms with Crippen molar-refractivity contribution in [3.63, 3.8) is 0 Å². The lowest BCUT2D eigenvalue weighted by Crippen LogP contribution is -2.51. The van der Waals surface area contributed by atoms with Crippen LogP contribution in [-0.4, -0.2) is 51.5 Å². The summed E-state index contributed by atoms with van der Waals surface area (Å²) >= 11 is 0. The van der Waals surface area contributed by atoms with E-state index < -0.39 is 35.3 Å². The smallest absolute Gasteiger partial charge is 0.272 e. The van der Waals surface area contributed by atoms with Crippen molar-refractivity contribution < 1.29 is 27.5 Å². The number of hydrogen-bond donors (Lipinski definition) is 0. The maximum Gasteiger partial charge on any atom is 0.272 e. The minimum atomic E-state index is -1.04. The molecule has 1 spiro atoms. The molecule has 0 aliphatic carbocycles. The summed E-state index contributed by atoms with van der Waals surface area (Å²) in [5.41, 5.74) is -0.476. The summed E-state index contributed by atoms with van der Waals surface area (Å²) in [7, 11) is 0. The summed E-state index contributed by atoms with van der Waals surface area (Å²) in [5.74, 6) is -2.40. The monoisotopic (exact) mass is 431 g/mol. The van der Waals surface area contributed by atoms with E-state index in [0.717, 1.165) is 12.3 Å². The fourth-order valence-corrected chi connectivity index (χ4v) is 4.88. The summed E-state index contributed by atoms with van der Waals surface area (Å²) < 4.78 is 46.7. The maximum atomic E-state index is 13.7. The van der Waals surface area contributed by atoms with Gasteiger partial charge in [0.05, 0.1) is 12.2 Å². The minimum Gasteiger partial charge on any atom is -0.342 e. The summed E-state index contributed by atoms with van der Waals surface area (Å²) in [5, 5.41) is 0. The molecule has 1 aromatic heterocycles. The van der Waals surface area contributed by atoms with Crippen LogP contribution in [0.4, 0.5) is 13.2 Å². The van der Waals surface area contributed by atoms with Crippen LogP contribution < -0.4 is 0 Å². The minimum absolute atomic E-state index is 0.143. The highest BCUT2D eigenvalue weighted by atomic mass is 19.1. The normalized spacial score (nSPS) is 24.7. The van der Waals surface area contributed by atoms with Gasteiger partial charge in [-0.25, -0.2) is 18.2 Å². The van der Waals surface area contributed by atoms with Gasteiger partial charge in [-0.1, -0.05) is 0 Å². The standard InChI is InChI=1S/C22H20F3N3O3/c23-14-1-2-17(26-12-14)20(29)27-7-5-22(6-8-27)21(30)28-18(3-4-19(28)31-22)13-9-15(24)11-16(25)10-13/h1-2,9-12,18-19H,3-8H2/t18-,19+/m0/s1. The summed E-state index contributed by atoms with van der Waals surface area (Å²) in [6.07, 6.45) is 2.33. The van der Waals surface area contributed by atoms with Crippen molar-refractivity contribution in [3.05, 3.63) is 65.2 Å². The fourth-order valence-electron chi connectivity index (χ4n) is 4.88. The topological polar surface area (TPSA) is 62.7 Å². The fraction of sp³-hybridized carbons (Fsp3) is 0.409. The van der Waals surface area contributed by atoms with Crippen LogP contribution in [0.15, 0.2) is 36.5 Å². The Kier molecular flexibility index (Phi) is 4.73. The highest BCUT2D eigenvalue weighted by Gasteiger charge is 2.58. The molecule has 4 heterocycles. The van der Waals surface area contributed by atoms with Crippen molar-refractivity contribution in [1.82, 2.24) is 14.8 Å². The van der Waals surface area contributed by atoms with Crippen molar-refractivity contribution in [2.45, 2.75) is 43.6 Å². The summed E-state index contributed by atoms with van der Waals surface area (Å²) in [4.78, 5) is 33.0. The van der Waals surface area contributed by atoms with Crippen LogP contribution in [0.5, 0.6) is 0 Å². The molecule has 3 aliphatic rings. The zero-order valence-corrected chi connectivity index (χ0v) is 16.6. The second kappa shape index (κ2) is 7.33. The van der Waals surface area contributed by atoms with Gasteiger partial charge >= 0.3 is 0 Å². The molecule has 3 fully saturated rings. The Morgan fingerprint density at radius 1 is 1.03 bits per heavy atom. The highest BCUT2D eigenvalue weighted by Crippen LogP contribution is 2.47. The Morgan fingerprint density at radius 2 is 1.74 bits per heavy atom. The molecular weight excluding hydrogens is 411 g/mol. The van der Waals surface area contributed by atoms with Crippen LogP contribution in [0.2, 0.25) is 0 Å². The average molecular weight is 431 g/mol. The molecular formula is C22H20F3N3O3. The Bertz CT molecular complexity index is 1020. The van der Waals surface area contributed by atoms with Gasteiger partial charge in [0.15, 0.2) is 5.60 Å². The van der Waals surface area contributed by atoms with Gasteiger partial charge in [0.25, 0.3) is 11.8 Å². The largest absolute Gasteiger partial charge is 0.342 e. The molecule has 2 amide bonds. The third-order valence-corrected chi connectivity index (χ3v) is 6.39. The van der Waals surface area contributed by atoms with Crippen LogP contribution in [0.1, 0.15) is 47.8 Å². The number of likely N-dealkylation sites (tertiary alicyclic amines) is 1. The second-order valence-electron chi connectivity index (χ2n) is 8.23. The van der Waals surface area contributed by atoms with Crippen molar-refractivity contribution in [2.75, 3.05) is 13.1 Å². The van der Waals surface area contributed by atoms with E-state index in [-0.39, 0.29) is 17.5 Å². The Labute approximate surface area is 176 Å². The number of pyridine rings is 1. The number of halogens is 3. The van der Waals surface area contributed by atoms with Gasteiger partial charge in [0, 0.05) is 32.0 Å². The third kappa shape index (κ3) is 3.37. The van der Waals surface area contributed by atoms with E-state index in [1.165, 1.54) is 24.3 Å². The molecule has 0 radical (unpaired) electrons. The van der Waals surface area contributed by atoms with Crippen molar-refractivity contribution in [2.24, 2.45) is 0 Å². The lowest BCUT2D eigenvalue weighted by Gasteiger charge is -2.37. The summed E-state index contributed by atoms with van der Waals surface area (Å²) in [6.45, 7) is 0.590. The predicted octanol–water partition coefficient (Wildman–Crippen LogP) is 3.19. The first-order valence-corrected chi connectivity index (χ1v) is 10.2. The van der Waals surface area contributed by atoms with Gasteiger partial charge in [-0.2, -0.15) is 0 Å². The number of nitrogens with zero attached hydrogens (tertiary/aromatic N) is 3. The third-order valence-electron chi connectivity index (χ3n) is 6.39. The van der Waals surface area contributed by atoms with E-state index >= 15 is 0 Å². The molecule has 3 saturated heterocycles. The number of fused-ring (bicyclic) bond motifs is 1. The molecule has 162 valence electrons. The first-order chi connectivity index (χ1) is 14.9. The van der Waals surface area contributed by atoms with E-state index in [1.807, 2.05) is 0 Å².